The highest BCUT2D eigenvalue weighted by Crippen LogP contribution is 2.29. The van der Waals surface area contributed by atoms with Gasteiger partial charge in [-0.05, 0) is 60.0 Å². The lowest BCUT2D eigenvalue weighted by Gasteiger charge is -2.15. The molecule has 0 saturated heterocycles. The van der Waals surface area contributed by atoms with Crippen molar-refractivity contribution in [1.29, 1.82) is 0 Å². The molecule has 0 unspecified atom stereocenters. The molecule has 0 aliphatic carbocycles. The van der Waals surface area contributed by atoms with Crippen LogP contribution in [0.5, 0.6) is 17.2 Å². The van der Waals surface area contributed by atoms with Crippen LogP contribution in [0, 0.1) is 0 Å². The summed E-state index contributed by atoms with van der Waals surface area (Å²) in [4.78, 5) is 25.0. The van der Waals surface area contributed by atoms with Gasteiger partial charge in [-0.25, -0.2) is 0 Å². The molecule has 172 valence electrons. The van der Waals surface area contributed by atoms with Gasteiger partial charge in [-0.2, -0.15) is 0 Å². The van der Waals surface area contributed by atoms with Crippen molar-refractivity contribution in [2.45, 2.75) is 19.8 Å². The number of hydrogen-bond donors (Lipinski definition) is 2. The number of carbonyl (C=O) groups is 2. The van der Waals surface area contributed by atoms with E-state index in [2.05, 4.69) is 24.5 Å². The summed E-state index contributed by atoms with van der Waals surface area (Å²) in [6.07, 6.45) is 0. The fourth-order valence-corrected chi connectivity index (χ4v) is 3.25. The molecule has 0 spiro atoms. The van der Waals surface area contributed by atoms with E-state index in [0.29, 0.717) is 28.5 Å². The summed E-state index contributed by atoms with van der Waals surface area (Å²) in [7, 11) is 3.06. The van der Waals surface area contributed by atoms with Crippen molar-refractivity contribution < 1.29 is 23.8 Å². The van der Waals surface area contributed by atoms with Crippen LogP contribution in [-0.2, 0) is 4.79 Å². The van der Waals surface area contributed by atoms with Crippen LogP contribution in [0.2, 0.25) is 0 Å². The van der Waals surface area contributed by atoms with Crippen molar-refractivity contribution in [3.63, 3.8) is 0 Å². The zero-order valence-electron chi connectivity index (χ0n) is 19.2. The Bertz CT molecular complexity index is 1110. The molecule has 2 N–H and O–H groups in total. The van der Waals surface area contributed by atoms with Crippen LogP contribution >= 0.6 is 0 Å². The second kappa shape index (κ2) is 11.0. The number of methoxy groups -OCH3 is 2. The predicted octanol–water partition coefficient (Wildman–Crippen LogP) is 5.10. The molecule has 0 aromatic heterocycles. The summed E-state index contributed by atoms with van der Waals surface area (Å²) < 4.78 is 16.1. The number of ether oxygens (including phenoxy) is 3. The SMILES string of the molecule is COc1ccc(NC(=O)COc2ccc(C(=O)Nc3ccccc3C(C)C)cc2OC)cc1. The van der Waals surface area contributed by atoms with Crippen LogP contribution in [0.25, 0.3) is 0 Å². The third-order valence-electron chi connectivity index (χ3n) is 4.99. The zero-order valence-corrected chi connectivity index (χ0v) is 19.2. The largest absolute Gasteiger partial charge is 0.497 e. The van der Waals surface area contributed by atoms with Crippen LogP contribution in [0.1, 0.15) is 35.7 Å². The van der Waals surface area contributed by atoms with Crippen molar-refractivity contribution in [3.05, 3.63) is 77.9 Å². The standard InChI is InChI=1S/C26H28N2O5/c1-17(2)21-7-5-6-8-22(21)28-26(30)18-9-14-23(24(15-18)32-4)33-16-25(29)27-19-10-12-20(31-3)13-11-19/h5-15,17H,16H2,1-4H3,(H,27,29)(H,28,30). The average Bonchev–Trinajstić information content (AvgIpc) is 2.83. The second-order valence-electron chi connectivity index (χ2n) is 7.63. The van der Waals surface area contributed by atoms with Gasteiger partial charge in [0.15, 0.2) is 18.1 Å². The number of para-hydroxylation sites is 1. The zero-order chi connectivity index (χ0) is 23.8. The van der Waals surface area contributed by atoms with E-state index < -0.39 is 0 Å². The number of nitrogens with one attached hydrogen (secondary N) is 2. The third kappa shape index (κ3) is 6.26. The lowest BCUT2D eigenvalue weighted by Crippen LogP contribution is -2.20. The Morgan fingerprint density at radius 2 is 1.58 bits per heavy atom. The molecule has 0 bridgehead atoms. The highest BCUT2D eigenvalue weighted by Gasteiger charge is 2.15. The van der Waals surface area contributed by atoms with Crippen molar-refractivity contribution in [2.75, 3.05) is 31.5 Å². The Labute approximate surface area is 193 Å². The molecule has 0 heterocycles. The summed E-state index contributed by atoms with van der Waals surface area (Å²) >= 11 is 0. The number of rotatable bonds is 9. The molecule has 0 aliphatic rings. The van der Waals surface area contributed by atoms with E-state index in [1.165, 1.54) is 7.11 Å². The number of amides is 2. The van der Waals surface area contributed by atoms with E-state index in [1.807, 2.05) is 24.3 Å². The third-order valence-corrected chi connectivity index (χ3v) is 4.99. The fourth-order valence-electron chi connectivity index (χ4n) is 3.25. The van der Waals surface area contributed by atoms with E-state index in [9.17, 15) is 9.59 Å². The van der Waals surface area contributed by atoms with Crippen molar-refractivity contribution in [3.8, 4) is 17.2 Å². The topological polar surface area (TPSA) is 85.9 Å². The number of hydrogen-bond acceptors (Lipinski definition) is 5. The first-order chi connectivity index (χ1) is 15.9. The quantitative estimate of drug-likeness (QED) is 0.476. The Balaban J connectivity index is 1.64. The molecule has 0 aliphatic heterocycles. The molecular weight excluding hydrogens is 420 g/mol. The molecule has 3 rings (SSSR count). The van der Waals surface area contributed by atoms with Crippen LogP contribution in [-0.4, -0.2) is 32.6 Å². The second-order valence-corrected chi connectivity index (χ2v) is 7.63. The van der Waals surface area contributed by atoms with Crippen LogP contribution < -0.4 is 24.8 Å². The van der Waals surface area contributed by atoms with Crippen LogP contribution in [0.4, 0.5) is 11.4 Å². The number of anilines is 2. The van der Waals surface area contributed by atoms with E-state index in [-0.39, 0.29) is 24.3 Å². The minimum atomic E-state index is -0.325. The molecule has 33 heavy (non-hydrogen) atoms. The summed E-state index contributed by atoms with van der Waals surface area (Å²) in [6.45, 7) is 3.94. The Kier molecular flexibility index (Phi) is 7.91. The molecule has 0 saturated carbocycles. The average molecular weight is 449 g/mol. The van der Waals surface area contributed by atoms with E-state index >= 15 is 0 Å². The molecule has 0 atom stereocenters. The Morgan fingerprint density at radius 1 is 0.848 bits per heavy atom. The van der Waals surface area contributed by atoms with E-state index in [0.717, 1.165) is 11.3 Å². The summed E-state index contributed by atoms with van der Waals surface area (Å²) in [5.74, 6) is 1.11. The molecule has 3 aromatic rings. The first kappa shape index (κ1) is 23.7. The predicted molar refractivity (Wildman–Crippen MR) is 129 cm³/mol. The normalized spacial score (nSPS) is 10.5. The molecule has 7 nitrogen and oxygen atoms in total. The van der Waals surface area contributed by atoms with Crippen molar-refractivity contribution >= 4 is 23.2 Å². The van der Waals surface area contributed by atoms with Gasteiger partial charge in [0.1, 0.15) is 5.75 Å². The smallest absolute Gasteiger partial charge is 0.262 e. The van der Waals surface area contributed by atoms with E-state index in [1.54, 1.807) is 49.6 Å². The number of carbonyl (C=O) groups excluding carboxylic acids is 2. The minimum Gasteiger partial charge on any atom is -0.497 e. The molecular formula is C26H28N2O5. The van der Waals surface area contributed by atoms with Crippen molar-refractivity contribution in [2.24, 2.45) is 0 Å². The Hall–Kier alpha value is -4.00. The van der Waals surface area contributed by atoms with Gasteiger partial charge in [-0.1, -0.05) is 32.0 Å². The highest BCUT2D eigenvalue weighted by molar-refractivity contribution is 6.05. The van der Waals surface area contributed by atoms with Crippen LogP contribution in [0.15, 0.2) is 66.7 Å². The first-order valence-electron chi connectivity index (χ1n) is 10.6. The monoisotopic (exact) mass is 448 g/mol. The lowest BCUT2D eigenvalue weighted by atomic mass is 10.0. The van der Waals surface area contributed by atoms with Gasteiger partial charge < -0.3 is 24.8 Å². The first-order valence-corrected chi connectivity index (χ1v) is 10.6. The minimum absolute atomic E-state index is 0.213. The number of benzene rings is 3. The van der Waals surface area contributed by atoms with Gasteiger partial charge in [-0.15, -0.1) is 0 Å². The van der Waals surface area contributed by atoms with Gasteiger partial charge in [0.25, 0.3) is 11.8 Å². The summed E-state index contributed by atoms with van der Waals surface area (Å²) in [5.41, 5.74) is 2.87. The summed E-state index contributed by atoms with van der Waals surface area (Å²) in [6, 6.07) is 19.5. The summed E-state index contributed by atoms with van der Waals surface area (Å²) in [5, 5.41) is 5.70. The van der Waals surface area contributed by atoms with Gasteiger partial charge in [0.2, 0.25) is 0 Å². The molecule has 0 fully saturated rings. The maximum atomic E-state index is 12.8. The molecule has 2 amide bonds. The maximum absolute atomic E-state index is 12.8. The fraction of sp³-hybridized carbons (Fsp3) is 0.231. The van der Waals surface area contributed by atoms with Crippen molar-refractivity contribution in [1.82, 2.24) is 0 Å². The molecule has 7 heteroatoms. The van der Waals surface area contributed by atoms with Gasteiger partial charge in [0.05, 0.1) is 14.2 Å². The Morgan fingerprint density at radius 3 is 2.24 bits per heavy atom. The lowest BCUT2D eigenvalue weighted by molar-refractivity contribution is -0.118. The van der Waals surface area contributed by atoms with Gasteiger partial charge in [0, 0.05) is 16.9 Å². The van der Waals surface area contributed by atoms with Crippen LogP contribution in [0.3, 0.4) is 0 Å². The van der Waals surface area contributed by atoms with E-state index in [4.69, 9.17) is 14.2 Å². The molecule has 3 aromatic carbocycles. The highest BCUT2D eigenvalue weighted by atomic mass is 16.5. The van der Waals surface area contributed by atoms with Gasteiger partial charge >= 0.3 is 0 Å². The molecule has 0 radical (unpaired) electrons. The maximum Gasteiger partial charge on any atom is 0.262 e. The van der Waals surface area contributed by atoms with Gasteiger partial charge in [-0.3, -0.25) is 9.59 Å².